The molecule has 1 saturated heterocycles. The lowest BCUT2D eigenvalue weighted by Crippen LogP contribution is -2.55. The van der Waals surface area contributed by atoms with Gasteiger partial charge in [-0.1, -0.05) is 20.8 Å². The van der Waals surface area contributed by atoms with Crippen LogP contribution in [-0.2, 0) is 9.53 Å². The highest BCUT2D eigenvalue weighted by atomic mass is 16.5. The van der Waals surface area contributed by atoms with E-state index in [9.17, 15) is 14.7 Å². The number of aliphatic carboxylic acids is 1. The Bertz CT molecular complexity index is 360. The molecule has 0 bridgehead atoms. The average molecular weight is 300 g/mol. The second-order valence-electron chi connectivity index (χ2n) is 6.21. The van der Waals surface area contributed by atoms with Crippen molar-refractivity contribution in [3.63, 3.8) is 0 Å². The summed E-state index contributed by atoms with van der Waals surface area (Å²) in [4.78, 5) is 25.3. The molecule has 0 radical (unpaired) electrons. The highest BCUT2D eigenvalue weighted by molar-refractivity contribution is 5.76. The maximum Gasteiger partial charge on any atom is 0.317 e. The van der Waals surface area contributed by atoms with Gasteiger partial charge in [0, 0.05) is 13.1 Å². The number of hydrogen-bond acceptors (Lipinski definition) is 3. The van der Waals surface area contributed by atoms with Gasteiger partial charge in [-0.15, -0.1) is 0 Å². The lowest BCUT2D eigenvalue weighted by atomic mass is 9.97. The number of carboxylic acids is 1. The second kappa shape index (κ2) is 8.22. The minimum Gasteiger partial charge on any atom is -0.481 e. The molecule has 3 atom stereocenters. The van der Waals surface area contributed by atoms with Crippen molar-refractivity contribution in [1.82, 2.24) is 10.2 Å². The maximum atomic E-state index is 12.3. The van der Waals surface area contributed by atoms with E-state index in [0.717, 1.165) is 6.42 Å². The first-order chi connectivity index (χ1) is 9.85. The van der Waals surface area contributed by atoms with Gasteiger partial charge >= 0.3 is 12.0 Å². The summed E-state index contributed by atoms with van der Waals surface area (Å²) in [6, 6.07) is -0.124. The summed E-state index contributed by atoms with van der Waals surface area (Å²) in [6.07, 6.45) is 1.41. The lowest BCUT2D eigenvalue weighted by molar-refractivity contribution is -0.142. The molecule has 1 aliphatic rings. The molecule has 0 saturated carbocycles. The molecule has 0 aromatic rings. The highest BCUT2D eigenvalue weighted by Gasteiger charge is 2.30. The summed E-state index contributed by atoms with van der Waals surface area (Å²) in [6.45, 7) is 9.18. The van der Waals surface area contributed by atoms with Gasteiger partial charge in [0.1, 0.15) is 0 Å². The van der Waals surface area contributed by atoms with E-state index in [4.69, 9.17) is 4.74 Å². The van der Waals surface area contributed by atoms with Crippen molar-refractivity contribution in [2.24, 2.45) is 11.8 Å². The van der Waals surface area contributed by atoms with Gasteiger partial charge in [-0.05, 0) is 25.7 Å². The topological polar surface area (TPSA) is 78.9 Å². The molecule has 122 valence electrons. The van der Waals surface area contributed by atoms with Crippen LogP contribution in [0.2, 0.25) is 0 Å². The van der Waals surface area contributed by atoms with Gasteiger partial charge in [0.2, 0.25) is 0 Å². The van der Waals surface area contributed by atoms with E-state index in [1.807, 2.05) is 27.7 Å². The number of carboxylic acid groups (broad SMARTS) is 1. The van der Waals surface area contributed by atoms with Gasteiger partial charge in [0.05, 0.1) is 24.7 Å². The molecule has 1 heterocycles. The normalized spacial score (nSPS) is 24.0. The van der Waals surface area contributed by atoms with Gasteiger partial charge in [0.15, 0.2) is 0 Å². The van der Waals surface area contributed by atoms with Gasteiger partial charge in [-0.3, -0.25) is 4.79 Å². The third-order valence-electron chi connectivity index (χ3n) is 3.80. The zero-order valence-corrected chi connectivity index (χ0v) is 13.5. The smallest absolute Gasteiger partial charge is 0.317 e. The predicted octanol–water partition coefficient (Wildman–Crippen LogP) is 1.94. The molecular weight excluding hydrogens is 272 g/mol. The fraction of sp³-hybridized carbons (Fsp3) is 0.867. The molecule has 0 aromatic carbocycles. The molecule has 3 unspecified atom stereocenters. The van der Waals surface area contributed by atoms with E-state index in [1.165, 1.54) is 0 Å². The van der Waals surface area contributed by atoms with Gasteiger partial charge < -0.3 is 20.1 Å². The minimum atomic E-state index is -0.855. The Morgan fingerprint density at radius 2 is 2.10 bits per heavy atom. The molecule has 2 amide bonds. The number of urea groups is 1. The van der Waals surface area contributed by atoms with Crippen LogP contribution in [0.1, 0.15) is 40.5 Å². The third-order valence-corrected chi connectivity index (χ3v) is 3.80. The van der Waals surface area contributed by atoms with Crippen LogP contribution in [0.5, 0.6) is 0 Å². The van der Waals surface area contributed by atoms with Crippen molar-refractivity contribution >= 4 is 12.0 Å². The first-order valence-electron chi connectivity index (χ1n) is 7.74. The molecule has 2 N–H and O–H groups in total. The number of hydrogen-bond donors (Lipinski definition) is 2. The first-order valence-corrected chi connectivity index (χ1v) is 7.74. The number of morpholine rings is 1. The van der Waals surface area contributed by atoms with Crippen molar-refractivity contribution in [3.05, 3.63) is 0 Å². The first kappa shape index (κ1) is 17.8. The average Bonchev–Trinajstić information content (AvgIpc) is 2.42. The fourth-order valence-corrected chi connectivity index (χ4v) is 2.58. The van der Waals surface area contributed by atoms with Crippen LogP contribution in [0.15, 0.2) is 0 Å². The quantitative estimate of drug-likeness (QED) is 0.786. The van der Waals surface area contributed by atoms with Crippen LogP contribution in [0, 0.1) is 11.8 Å². The lowest BCUT2D eigenvalue weighted by Gasteiger charge is -2.38. The molecule has 0 aliphatic carbocycles. The van der Waals surface area contributed by atoms with Crippen molar-refractivity contribution in [1.29, 1.82) is 0 Å². The monoisotopic (exact) mass is 300 g/mol. The van der Waals surface area contributed by atoms with E-state index in [0.29, 0.717) is 19.6 Å². The van der Waals surface area contributed by atoms with Crippen molar-refractivity contribution in [2.45, 2.75) is 52.7 Å². The van der Waals surface area contributed by atoms with E-state index < -0.39 is 11.9 Å². The summed E-state index contributed by atoms with van der Waals surface area (Å²) in [7, 11) is 0. The van der Waals surface area contributed by atoms with Crippen LogP contribution in [-0.4, -0.2) is 53.8 Å². The molecule has 1 fully saturated rings. The van der Waals surface area contributed by atoms with Gasteiger partial charge in [0.25, 0.3) is 0 Å². The largest absolute Gasteiger partial charge is 0.481 e. The number of rotatable bonds is 6. The third kappa shape index (κ3) is 5.53. The van der Waals surface area contributed by atoms with Crippen LogP contribution in [0.4, 0.5) is 4.79 Å². The number of nitrogens with zero attached hydrogens (tertiary/aromatic N) is 1. The number of amides is 2. The van der Waals surface area contributed by atoms with Crippen LogP contribution >= 0.6 is 0 Å². The number of ether oxygens (including phenoxy) is 1. The summed E-state index contributed by atoms with van der Waals surface area (Å²) >= 11 is 0. The number of carbonyl (C=O) groups is 2. The molecule has 0 spiro atoms. The van der Waals surface area contributed by atoms with Crippen LogP contribution in [0.25, 0.3) is 0 Å². The van der Waals surface area contributed by atoms with Crippen molar-refractivity contribution in [3.8, 4) is 0 Å². The van der Waals surface area contributed by atoms with Crippen LogP contribution < -0.4 is 5.32 Å². The molecule has 0 aromatic heterocycles. The summed E-state index contributed by atoms with van der Waals surface area (Å²) in [5, 5.41) is 12.0. The Balaban J connectivity index is 2.55. The number of carbonyl (C=O) groups excluding carboxylic acids is 1. The molecular formula is C15H28N2O4. The molecule has 1 aliphatic heterocycles. The minimum absolute atomic E-state index is 0.0180. The standard InChI is InChI=1S/C15H28N2O4/c1-5-13-9-21-11(4)8-17(13)15(20)16-7-12(14(18)19)6-10(2)3/h10-13H,5-9H2,1-4H3,(H,16,20)(H,18,19). The molecule has 1 rings (SSSR count). The maximum absolute atomic E-state index is 12.3. The SMILES string of the molecule is CCC1COC(C)CN1C(=O)NCC(CC(C)C)C(=O)O. The summed E-state index contributed by atoms with van der Waals surface area (Å²) in [5.41, 5.74) is 0. The molecule has 6 heteroatoms. The Morgan fingerprint density at radius 1 is 1.43 bits per heavy atom. The fourth-order valence-electron chi connectivity index (χ4n) is 2.58. The Morgan fingerprint density at radius 3 is 2.62 bits per heavy atom. The second-order valence-corrected chi connectivity index (χ2v) is 6.21. The van der Waals surface area contributed by atoms with E-state index >= 15 is 0 Å². The predicted molar refractivity (Wildman–Crippen MR) is 80.2 cm³/mol. The van der Waals surface area contributed by atoms with Crippen LogP contribution in [0.3, 0.4) is 0 Å². The number of nitrogens with one attached hydrogen (secondary N) is 1. The van der Waals surface area contributed by atoms with Crippen molar-refractivity contribution < 1.29 is 19.4 Å². The molecule has 21 heavy (non-hydrogen) atoms. The zero-order chi connectivity index (χ0) is 16.0. The van der Waals surface area contributed by atoms with Gasteiger partial charge in [-0.2, -0.15) is 0 Å². The Hall–Kier alpha value is -1.30. The summed E-state index contributed by atoms with van der Waals surface area (Å²) in [5.74, 6) is -1.10. The van der Waals surface area contributed by atoms with E-state index in [-0.39, 0.29) is 30.6 Å². The Labute approximate surface area is 126 Å². The Kier molecular flexibility index (Phi) is 6.95. The van der Waals surface area contributed by atoms with Gasteiger partial charge in [-0.25, -0.2) is 4.79 Å². The van der Waals surface area contributed by atoms with E-state index in [2.05, 4.69) is 5.32 Å². The highest BCUT2D eigenvalue weighted by Crippen LogP contribution is 2.15. The van der Waals surface area contributed by atoms with E-state index in [1.54, 1.807) is 4.90 Å². The summed E-state index contributed by atoms with van der Waals surface area (Å²) < 4.78 is 5.56. The zero-order valence-electron chi connectivity index (χ0n) is 13.5. The molecule has 6 nitrogen and oxygen atoms in total. The van der Waals surface area contributed by atoms with Crippen molar-refractivity contribution in [2.75, 3.05) is 19.7 Å².